The summed E-state index contributed by atoms with van der Waals surface area (Å²) in [6.45, 7) is 0. The Labute approximate surface area is 143 Å². The van der Waals surface area contributed by atoms with E-state index in [0.29, 0.717) is 6.04 Å². The van der Waals surface area contributed by atoms with Crippen molar-refractivity contribution in [3.8, 4) is 5.69 Å². The normalized spacial score (nSPS) is 15.2. The lowest BCUT2D eigenvalue weighted by molar-refractivity contribution is 0.423. The Morgan fingerprint density at radius 1 is 1.00 bits per heavy atom. The highest BCUT2D eigenvalue weighted by Crippen LogP contribution is 2.31. The summed E-state index contributed by atoms with van der Waals surface area (Å²) >= 11 is 1.66. The van der Waals surface area contributed by atoms with Crippen LogP contribution in [0.3, 0.4) is 0 Å². The fraction of sp³-hybridized carbons (Fsp3) is 0.467. The molecule has 4 rings (SSSR count). The molecule has 1 fully saturated rings. The Balaban J connectivity index is 1.41. The number of thioether (sulfide) groups is 1. The van der Waals surface area contributed by atoms with Gasteiger partial charge in [0, 0.05) is 12.2 Å². The van der Waals surface area contributed by atoms with Gasteiger partial charge in [0.25, 0.3) is 0 Å². The Kier molecular flexibility index (Phi) is 4.50. The zero-order valence-corrected chi connectivity index (χ0v) is 14.0. The maximum atomic E-state index is 4.17. The molecule has 1 aliphatic rings. The molecule has 0 atom stereocenters. The Morgan fingerprint density at radius 3 is 2.62 bits per heavy atom. The summed E-state index contributed by atoms with van der Waals surface area (Å²) in [5.74, 6) is 1.67. The molecule has 0 aliphatic heterocycles. The summed E-state index contributed by atoms with van der Waals surface area (Å²) < 4.78 is 3.76. The first-order valence-electron chi connectivity index (χ1n) is 8.15. The predicted octanol–water partition coefficient (Wildman–Crippen LogP) is 2.10. The Bertz CT molecular complexity index is 778. The molecule has 0 spiro atoms. The molecule has 2 heterocycles. The maximum Gasteiger partial charge on any atom is 0.209 e. The fourth-order valence-electron chi connectivity index (χ4n) is 3.02. The zero-order chi connectivity index (χ0) is 16.2. The molecule has 8 nitrogen and oxygen atoms in total. The van der Waals surface area contributed by atoms with Crippen LogP contribution in [0.5, 0.6) is 0 Å². The third kappa shape index (κ3) is 3.16. The van der Waals surface area contributed by atoms with Crippen LogP contribution in [0, 0.1) is 0 Å². The molecular formula is C15H18N8S. The third-order valence-electron chi connectivity index (χ3n) is 4.22. The number of para-hydroxylation sites is 1. The lowest BCUT2D eigenvalue weighted by Gasteiger charge is -2.10. The summed E-state index contributed by atoms with van der Waals surface area (Å²) in [4.78, 5) is 0. The number of tetrazole rings is 2. The third-order valence-corrected chi connectivity index (χ3v) is 5.16. The van der Waals surface area contributed by atoms with Crippen molar-refractivity contribution in [3.05, 3.63) is 36.2 Å². The zero-order valence-electron chi connectivity index (χ0n) is 13.2. The second-order valence-electron chi connectivity index (χ2n) is 5.79. The van der Waals surface area contributed by atoms with Crippen LogP contribution < -0.4 is 0 Å². The van der Waals surface area contributed by atoms with Crippen molar-refractivity contribution >= 4 is 11.8 Å². The summed E-state index contributed by atoms with van der Waals surface area (Å²) in [6.07, 6.45) is 5.63. The Morgan fingerprint density at radius 2 is 1.79 bits per heavy atom. The minimum absolute atomic E-state index is 0.456. The highest BCUT2D eigenvalue weighted by atomic mass is 32.2. The van der Waals surface area contributed by atoms with Gasteiger partial charge < -0.3 is 0 Å². The van der Waals surface area contributed by atoms with Gasteiger partial charge in [-0.1, -0.05) is 42.8 Å². The van der Waals surface area contributed by atoms with E-state index in [9.17, 15) is 0 Å². The minimum atomic E-state index is 0.456. The summed E-state index contributed by atoms with van der Waals surface area (Å²) in [6, 6.07) is 10.4. The lowest BCUT2D eigenvalue weighted by atomic mass is 10.3. The van der Waals surface area contributed by atoms with Gasteiger partial charge in [-0.3, -0.25) is 0 Å². The molecule has 0 bridgehead atoms. The molecule has 0 radical (unpaired) electrons. The number of rotatable bonds is 6. The molecule has 0 unspecified atom stereocenters. The summed E-state index contributed by atoms with van der Waals surface area (Å²) in [5, 5.41) is 25.1. The molecule has 0 saturated heterocycles. The topological polar surface area (TPSA) is 87.2 Å². The molecule has 2 aromatic heterocycles. The van der Waals surface area contributed by atoms with E-state index in [1.54, 1.807) is 16.4 Å². The molecule has 1 aromatic carbocycles. The first kappa shape index (κ1) is 15.3. The van der Waals surface area contributed by atoms with E-state index in [2.05, 4.69) is 31.1 Å². The lowest BCUT2D eigenvalue weighted by Crippen LogP contribution is -2.09. The smallest absolute Gasteiger partial charge is 0.209 e. The maximum absolute atomic E-state index is 4.17. The largest absolute Gasteiger partial charge is 0.217 e. The minimum Gasteiger partial charge on any atom is -0.217 e. The van der Waals surface area contributed by atoms with Crippen molar-refractivity contribution in [2.75, 3.05) is 5.75 Å². The van der Waals surface area contributed by atoms with Crippen molar-refractivity contribution in [2.45, 2.75) is 43.3 Å². The van der Waals surface area contributed by atoms with Crippen LogP contribution in [-0.4, -0.2) is 46.2 Å². The van der Waals surface area contributed by atoms with E-state index in [1.165, 1.54) is 25.7 Å². The first-order chi connectivity index (χ1) is 11.9. The van der Waals surface area contributed by atoms with E-state index >= 15 is 0 Å². The van der Waals surface area contributed by atoms with Gasteiger partial charge in [-0.15, -0.1) is 10.2 Å². The Hall–Kier alpha value is -2.29. The number of nitrogens with zero attached hydrogens (tertiary/aromatic N) is 8. The van der Waals surface area contributed by atoms with Crippen LogP contribution in [0.25, 0.3) is 5.69 Å². The molecule has 9 heteroatoms. The highest BCUT2D eigenvalue weighted by molar-refractivity contribution is 7.99. The average molecular weight is 342 g/mol. The van der Waals surface area contributed by atoms with Crippen LogP contribution >= 0.6 is 11.8 Å². The van der Waals surface area contributed by atoms with Gasteiger partial charge in [-0.2, -0.15) is 4.68 Å². The SMILES string of the molecule is c1ccc(-n2nnnc2CCSc2nnnn2C2CCCC2)cc1. The summed E-state index contributed by atoms with van der Waals surface area (Å²) in [7, 11) is 0. The van der Waals surface area contributed by atoms with Crippen LogP contribution in [-0.2, 0) is 6.42 Å². The van der Waals surface area contributed by atoms with Gasteiger partial charge in [0.1, 0.15) is 0 Å². The first-order valence-corrected chi connectivity index (χ1v) is 9.14. The molecule has 1 saturated carbocycles. The van der Waals surface area contributed by atoms with Crippen molar-refractivity contribution in [3.63, 3.8) is 0 Å². The molecule has 1 aliphatic carbocycles. The van der Waals surface area contributed by atoms with Crippen molar-refractivity contribution < 1.29 is 0 Å². The highest BCUT2D eigenvalue weighted by Gasteiger charge is 2.21. The summed E-state index contributed by atoms with van der Waals surface area (Å²) in [5.41, 5.74) is 0.971. The molecule has 24 heavy (non-hydrogen) atoms. The van der Waals surface area contributed by atoms with Crippen molar-refractivity contribution in [1.29, 1.82) is 0 Å². The molecule has 3 aromatic rings. The van der Waals surface area contributed by atoms with Crippen LogP contribution in [0.2, 0.25) is 0 Å². The van der Waals surface area contributed by atoms with Gasteiger partial charge in [0.15, 0.2) is 5.82 Å². The van der Waals surface area contributed by atoms with Crippen LogP contribution in [0.4, 0.5) is 0 Å². The van der Waals surface area contributed by atoms with E-state index in [0.717, 1.165) is 28.8 Å². The second-order valence-corrected chi connectivity index (χ2v) is 6.85. The quantitative estimate of drug-likeness (QED) is 0.634. The number of hydrogen-bond acceptors (Lipinski definition) is 7. The van der Waals surface area contributed by atoms with E-state index in [4.69, 9.17) is 0 Å². The van der Waals surface area contributed by atoms with E-state index in [1.807, 2.05) is 35.0 Å². The van der Waals surface area contributed by atoms with Crippen LogP contribution in [0.15, 0.2) is 35.5 Å². The molecule has 124 valence electrons. The van der Waals surface area contributed by atoms with E-state index < -0.39 is 0 Å². The molecule has 0 amide bonds. The van der Waals surface area contributed by atoms with E-state index in [-0.39, 0.29) is 0 Å². The average Bonchev–Trinajstić information content (AvgIpc) is 3.37. The molecule has 0 N–H and O–H groups in total. The number of benzene rings is 1. The molecular weight excluding hydrogens is 324 g/mol. The van der Waals surface area contributed by atoms with Gasteiger partial charge in [-0.05, 0) is 45.8 Å². The fourth-order valence-corrected chi connectivity index (χ4v) is 3.90. The van der Waals surface area contributed by atoms with Gasteiger partial charge >= 0.3 is 0 Å². The van der Waals surface area contributed by atoms with Gasteiger partial charge in [-0.25, -0.2) is 4.68 Å². The number of aromatic nitrogens is 8. The van der Waals surface area contributed by atoms with Gasteiger partial charge in [0.05, 0.1) is 11.7 Å². The number of aryl methyl sites for hydroxylation is 1. The van der Waals surface area contributed by atoms with Gasteiger partial charge in [0.2, 0.25) is 5.16 Å². The number of hydrogen-bond donors (Lipinski definition) is 0. The standard InChI is InChI=1S/C15H18N8S/c1-2-6-12(7-3-1)22-14(16-18-20-22)10-11-24-15-17-19-21-23(15)13-8-4-5-9-13/h1-3,6-7,13H,4-5,8-11H2. The van der Waals surface area contributed by atoms with Crippen LogP contribution in [0.1, 0.15) is 37.5 Å². The monoisotopic (exact) mass is 342 g/mol. The predicted molar refractivity (Wildman–Crippen MR) is 88.9 cm³/mol. The second kappa shape index (κ2) is 7.08. The van der Waals surface area contributed by atoms with Crippen molar-refractivity contribution in [2.24, 2.45) is 0 Å². The van der Waals surface area contributed by atoms with Crippen molar-refractivity contribution in [1.82, 2.24) is 40.4 Å².